The van der Waals surface area contributed by atoms with Crippen LogP contribution in [0.15, 0.2) is 0 Å². The Hall–Kier alpha value is -2.77. The summed E-state index contributed by atoms with van der Waals surface area (Å²) in [6, 6.07) is -3.04. The monoisotopic (exact) mass is 459 g/mol. The molecule has 3 atom stereocenters. The molecule has 0 aromatic rings. The van der Waals surface area contributed by atoms with Crippen molar-refractivity contribution in [2.45, 2.75) is 69.5 Å². The van der Waals surface area contributed by atoms with Crippen LogP contribution in [-0.2, 0) is 24.0 Å². The molecule has 0 bridgehead atoms. The molecule has 12 N–H and O–H groups in total. The summed E-state index contributed by atoms with van der Waals surface area (Å²) < 4.78 is 0. The van der Waals surface area contributed by atoms with Gasteiger partial charge in [-0.3, -0.25) is 19.2 Å². The Morgan fingerprint density at radius 1 is 0.781 bits per heavy atom. The van der Waals surface area contributed by atoms with Gasteiger partial charge < -0.3 is 44.0 Å². The molecule has 0 aliphatic carbocycles. The molecule has 13 nitrogen and oxygen atoms in total. The highest BCUT2D eigenvalue weighted by Gasteiger charge is 2.25. The van der Waals surface area contributed by atoms with Gasteiger partial charge in [0.05, 0.1) is 12.6 Å². The fraction of sp³-hybridized carbons (Fsp3) is 0.737. The lowest BCUT2D eigenvalue weighted by atomic mass is 10.1. The number of rotatable bonds is 18. The van der Waals surface area contributed by atoms with E-state index in [0.29, 0.717) is 45.2 Å². The Labute approximate surface area is 187 Å². The van der Waals surface area contributed by atoms with Gasteiger partial charge in [-0.15, -0.1) is 0 Å². The van der Waals surface area contributed by atoms with E-state index in [-0.39, 0.29) is 12.8 Å². The van der Waals surface area contributed by atoms with Gasteiger partial charge in [0.25, 0.3) is 0 Å². The molecular formula is C19H37N7O6. The standard InChI is InChI=1S/C19H37N7O6/c20-9-3-1-5-12(22)17(29)26-13(6-2-4-10-21)18(30)24-11-16(28)25-14(19(31)32)7-8-15(23)27/h12-14H,1-11,20-22H2,(H2,23,27)(H,24,30)(H,25,28)(H,26,29)(H,31,32)/t12-,13-,14-/m0/s1. The summed E-state index contributed by atoms with van der Waals surface area (Å²) in [4.78, 5) is 58.9. The molecule has 13 heteroatoms. The van der Waals surface area contributed by atoms with E-state index in [1.54, 1.807) is 0 Å². The van der Waals surface area contributed by atoms with Crippen LogP contribution in [0, 0.1) is 0 Å². The second-order valence-electron chi connectivity index (χ2n) is 7.42. The number of nitrogens with one attached hydrogen (secondary N) is 3. The highest BCUT2D eigenvalue weighted by molar-refractivity contribution is 5.92. The number of primary amides is 1. The summed E-state index contributed by atoms with van der Waals surface area (Å²) in [5.74, 6) is -3.89. The molecule has 0 saturated carbocycles. The van der Waals surface area contributed by atoms with Crippen LogP contribution < -0.4 is 38.9 Å². The molecule has 0 spiro atoms. The minimum absolute atomic E-state index is 0.176. The molecule has 0 aromatic carbocycles. The predicted octanol–water partition coefficient (Wildman–Crippen LogP) is -2.99. The molecule has 0 radical (unpaired) electrons. The Kier molecular flexibility index (Phi) is 15.4. The number of unbranched alkanes of at least 4 members (excludes halogenated alkanes) is 2. The van der Waals surface area contributed by atoms with Gasteiger partial charge in [-0.25, -0.2) is 4.79 Å². The Morgan fingerprint density at radius 2 is 1.38 bits per heavy atom. The van der Waals surface area contributed by atoms with Crippen molar-refractivity contribution in [2.75, 3.05) is 19.6 Å². The lowest BCUT2D eigenvalue weighted by Crippen LogP contribution is -2.53. The lowest BCUT2D eigenvalue weighted by Gasteiger charge is -2.21. The van der Waals surface area contributed by atoms with Crippen LogP contribution >= 0.6 is 0 Å². The first-order valence-corrected chi connectivity index (χ1v) is 10.7. The molecule has 0 aliphatic heterocycles. The van der Waals surface area contributed by atoms with Gasteiger partial charge in [0, 0.05) is 6.42 Å². The third kappa shape index (κ3) is 13.5. The fourth-order valence-corrected chi connectivity index (χ4v) is 2.76. The number of carboxylic acid groups (broad SMARTS) is 1. The van der Waals surface area contributed by atoms with Crippen molar-refractivity contribution in [1.29, 1.82) is 0 Å². The summed E-state index contributed by atoms with van der Waals surface area (Å²) in [5.41, 5.74) is 21.7. The number of amides is 4. The van der Waals surface area contributed by atoms with Gasteiger partial charge in [-0.1, -0.05) is 6.42 Å². The number of carbonyl (C=O) groups excluding carboxylic acids is 4. The summed E-state index contributed by atoms with van der Waals surface area (Å²) in [6.07, 6.45) is 2.94. The van der Waals surface area contributed by atoms with Crippen LogP contribution in [0.3, 0.4) is 0 Å². The van der Waals surface area contributed by atoms with E-state index in [4.69, 9.17) is 28.0 Å². The van der Waals surface area contributed by atoms with Crippen LogP contribution in [0.25, 0.3) is 0 Å². The normalized spacial score (nSPS) is 13.5. The number of carboxylic acids is 1. The third-order valence-corrected chi connectivity index (χ3v) is 4.62. The number of hydrogen-bond donors (Lipinski definition) is 8. The molecule has 0 saturated heterocycles. The zero-order valence-electron chi connectivity index (χ0n) is 18.3. The zero-order valence-corrected chi connectivity index (χ0v) is 18.3. The van der Waals surface area contributed by atoms with Crippen molar-refractivity contribution in [3.63, 3.8) is 0 Å². The van der Waals surface area contributed by atoms with E-state index < -0.39 is 54.3 Å². The van der Waals surface area contributed by atoms with Crippen molar-refractivity contribution in [3.8, 4) is 0 Å². The van der Waals surface area contributed by atoms with Crippen molar-refractivity contribution < 1.29 is 29.1 Å². The molecule has 0 aromatic heterocycles. The van der Waals surface area contributed by atoms with Gasteiger partial charge in [-0.2, -0.15) is 0 Å². The molecule has 0 unspecified atom stereocenters. The van der Waals surface area contributed by atoms with Crippen molar-refractivity contribution in [2.24, 2.45) is 22.9 Å². The number of hydrogen-bond acceptors (Lipinski definition) is 8. The minimum atomic E-state index is -1.33. The SMILES string of the molecule is NCCCC[C@H](NC(=O)[C@@H](N)CCCCN)C(=O)NCC(=O)N[C@@H](CCC(N)=O)C(=O)O. The molecule has 184 valence electrons. The average Bonchev–Trinajstić information content (AvgIpc) is 2.73. The van der Waals surface area contributed by atoms with E-state index in [0.717, 1.165) is 6.42 Å². The minimum Gasteiger partial charge on any atom is -0.480 e. The van der Waals surface area contributed by atoms with E-state index in [9.17, 15) is 24.0 Å². The van der Waals surface area contributed by atoms with E-state index >= 15 is 0 Å². The molecule has 0 rings (SSSR count). The smallest absolute Gasteiger partial charge is 0.326 e. The number of aliphatic carboxylic acids is 1. The molecule has 32 heavy (non-hydrogen) atoms. The average molecular weight is 460 g/mol. The summed E-state index contributed by atoms with van der Waals surface area (Å²) in [6.45, 7) is 0.405. The van der Waals surface area contributed by atoms with Gasteiger partial charge in [0.2, 0.25) is 23.6 Å². The first-order chi connectivity index (χ1) is 15.1. The first-order valence-electron chi connectivity index (χ1n) is 10.7. The van der Waals surface area contributed by atoms with Crippen molar-refractivity contribution >= 4 is 29.6 Å². The molecule has 4 amide bonds. The largest absolute Gasteiger partial charge is 0.480 e. The van der Waals surface area contributed by atoms with E-state index in [2.05, 4.69) is 16.0 Å². The highest BCUT2D eigenvalue weighted by atomic mass is 16.4. The van der Waals surface area contributed by atoms with E-state index in [1.165, 1.54) is 0 Å². The van der Waals surface area contributed by atoms with Crippen LogP contribution in [0.2, 0.25) is 0 Å². The maximum Gasteiger partial charge on any atom is 0.326 e. The summed E-state index contributed by atoms with van der Waals surface area (Å²) >= 11 is 0. The van der Waals surface area contributed by atoms with Crippen LogP contribution in [0.5, 0.6) is 0 Å². The van der Waals surface area contributed by atoms with E-state index in [1.807, 2.05) is 0 Å². The number of carbonyl (C=O) groups is 5. The van der Waals surface area contributed by atoms with Crippen LogP contribution in [0.4, 0.5) is 0 Å². The van der Waals surface area contributed by atoms with Gasteiger partial charge >= 0.3 is 5.97 Å². The first kappa shape index (κ1) is 29.2. The Balaban J connectivity index is 4.80. The molecule has 0 heterocycles. The predicted molar refractivity (Wildman–Crippen MR) is 117 cm³/mol. The third-order valence-electron chi connectivity index (χ3n) is 4.62. The Bertz CT molecular complexity index is 631. The maximum absolute atomic E-state index is 12.5. The molecule has 0 aliphatic rings. The van der Waals surface area contributed by atoms with Crippen LogP contribution in [0.1, 0.15) is 51.4 Å². The van der Waals surface area contributed by atoms with Crippen molar-refractivity contribution in [3.05, 3.63) is 0 Å². The summed E-state index contributed by atoms with van der Waals surface area (Å²) in [5, 5.41) is 16.3. The molecule has 0 fully saturated rings. The van der Waals surface area contributed by atoms with Crippen molar-refractivity contribution in [1.82, 2.24) is 16.0 Å². The quantitative estimate of drug-likeness (QED) is 0.0972. The van der Waals surface area contributed by atoms with Gasteiger partial charge in [-0.05, 0) is 51.6 Å². The molecular weight excluding hydrogens is 422 g/mol. The van der Waals surface area contributed by atoms with Gasteiger partial charge in [0.1, 0.15) is 12.1 Å². The maximum atomic E-state index is 12.5. The Morgan fingerprint density at radius 3 is 1.91 bits per heavy atom. The summed E-state index contributed by atoms with van der Waals surface area (Å²) in [7, 11) is 0. The fourth-order valence-electron chi connectivity index (χ4n) is 2.76. The second kappa shape index (κ2) is 16.9. The van der Waals surface area contributed by atoms with Gasteiger partial charge in [0.15, 0.2) is 0 Å². The van der Waals surface area contributed by atoms with Crippen LogP contribution in [-0.4, -0.2) is 72.5 Å². The lowest BCUT2D eigenvalue weighted by molar-refractivity contribution is -0.142. The highest BCUT2D eigenvalue weighted by Crippen LogP contribution is 2.04. The topological polar surface area (TPSA) is 246 Å². The second-order valence-corrected chi connectivity index (χ2v) is 7.42. The zero-order chi connectivity index (χ0) is 24.5. The number of nitrogens with two attached hydrogens (primary N) is 4.